The van der Waals surface area contributed by atoms with Gasteiger partial charge < -0.3 is 19.5 Å². The second-order valence-corrected chi connectivity index (χ2v) is 34.6. The molecule has 0 aliphatic carbocycles. The van der Waals surface area contributed by atoms with Crippen molar-refractivity contribution in [2.24, 2.45) is 0 Å². The van der Waals surface area contributed by atoms with Gasteiger partial charge in [0.2, 0.25) is 0 Å². The quantitative estimate of drug-likeness (QED) is 0.0207. The second-order valence-electron chi connectivity index (χ2n) is 24.7. The molecule has 0 unspecified atom stereocenters. The Bertz CT molecular complexity index is 5810. The van der Waals surface area contributed by atoms with Gasteiger partial charge in [-0.2, -0.15) is 8.42 Å². The Morgan fingerprint density at radius 3 is 1.11 bits per heavy atom. The van der Waals surface area contributed by atoms with Gasteiger partial charge in [0, 0.05) is 40.6 Å². The average molecular weight is 1880 g/mol. The Balaban J connectivity index is 0.000000153. The van der Waals surface area contributed by atoms with Gasteiger partial charge in [-0.25, -0.2) is 0 Å². The third kappa shape index (κ3) is 23.2. The molecule has 16 aromatic rings. The highest BCUT2D eigenvalue weighted by molar-refractivity contribution is 9.11. The van der Waals surface area contributed by atoms with E-state index in [1.165, 1.54) is 93.0 Å². The monoisotopic (exact) mass is 1880 g/mol. The van der Waals surface area contributed by atoms with Crippen LogP contribution in [-0.4, -0.2) is 74.9 Å². The molecule has 9 nitrogen and oxygen atoms in total. The summed E-state index contributed by atoms with van der Waals surface area (Å²) in [6.07, 6.45) is 6.63. The van der Waals surface area contributed by atoms with Crippen molar-refractivity contribution in [3.63, 3.8) is 0 Å². The summed E-state index contributed by atoms with van der Waals surface area (Å²) >= 11 is 27.4. The summed E-state index contributed by atoms with van der Waals surface area (Å²) in [7, 11) is -3.56. The van der Waals surface area contributed by atoms with Gasteiger partial charge in [-0.1, -0.05) is 353 Å². The molecule has 0 spiro atoms. The van der Waals surface area contributed by atoms with E-state index in [0.29, 0.717) is 24.5 Å². The standard InChI is InChI=1S/C20H20OP.C19H15BrO.C18H11Br.C17H11BrO.C10H6Br2.C7H7BO3.CH2Cl2.CH4O3S/c1-21-17-22(18-11-5-2-6-12-18,19-13-7-3-8-14-19)20-15-9-4-10-16-20;1-21-13-12-14-6-2-3-7-15(14)17-10-11-19(20)18-9-5-4-8-16(17)18;19-17-11-13-10-9-12-5-1-2-6-14(12)18(13)16-8-4-3-7-15(16)17;18-17-10-9-15(14-7-3-4-8-16(14)17)13-6-2-1-5-12(13)11-19;11-9-5-6-10(12)8-4-2-1-3-7(8)9;9-5-6-3-1-2-4-7(6)8(10)11;2-1-3;1-5(2,3)4/h2-16H,17H2,1H3;2-13H,1H3;2*1-11H;1-6H;1-5,10-11H;1H2;1H3,(H,2,3,4)/q+1;;;;;;;/b;13-12+;;;;;;. The number of ether oxygens (including phenoxy) is 2. The predicted molar refractivity (Wildman–Crippen MR) is 494 cm³/mol. The Morgan fingerprint density at radius 1 is 0.375 bits per heavy atom. The van der Waals surface area contributed by atoms with E-state index in [0.717, 1.165) is 61.7 Å². The van der Waals surface area contributed by atoms with Gasteiger partial charge in [0.05, 0.1) is 25.0 Å². The molecule has 0 fully saturated rings. The molecule has 3 N–H and O–H groups in total. The highest BCUT2D eigenvalue weighted by atomic mass is 79.9. The minimum Gasteiger partial charge on any atom is -0.504 e. The van der Waals surface area contributed by atoms with Crippen LogP contribution in [0.1, 0.15) is 26.3 Å². The van der Waals surface area contributed by atoms with Crippen molar-refractivity contribution in [2.45, 2.75) is 0 Å². The number of hydrogen-bond donors (Lipinski definition) is 3. The number of benzene rings is 16. The number of aldehydes is 2. The van der Waals surface area contributed by atoms with E-state index in [4.69, 9.17) is 47.3 Å². The molecule has 0 heterocycles. The topological polar surface area (TPSA) is 147 Å². The Labute approximate surface area is 706 Å². The Morgan fingerprint density at radius 2 is 0.696 bits per heavy atom. The molecule has 0 amide bonds. The van der Waals surface area contributed by atoms with Crippen LogP contribution in [-0.2, 0) is 19.6 Å². The fourth-order valence-electron chi connectivity index (χ4n) is 12.7. The van der Waals surface area contributed by atoms with E-state index < -0.39 is 24.5 Å². The fraction of sp³-hybridized carbons (Fsp3) is 0.0538. The van der Waals surface area contributed by atoms with Crippen molar-refractivity contribution >= 4 is 232 Å². The van der Waals surface area contributed by atoms with E-state index in [1.54, 1.807) is 32.6 Å². The zero-order valence-electron chi connectivity index (χ0n) is 60.9. The first-order valence-corrected chi connectivity index (χ1v) is 43.6. The molecule has 0 radical (unpaired) electrons. The van der Waals surface area contributed by atoms with E-state index in [9.17, 15) is 18.0 Å². The molecule has 16 rings (SSSR count). The SMILES string of the molecule is Brc1cc2ccc3ccccc3c2c2ccccc12.Brc1ccc(Br)c2ccccc12.CO/C=C/c1ccccc1-c1ccc(Br)c2ccccc12.COC[P+](c1ccccc1)(c1ccccc1)c1ccccc1.CS(=O)(=O)O.ClCCl.O=Cc1ccccc1-c1ccc(Br)c2ccccc12.O=Cc1ccccc1B(O)O. The highest BCUT2D eigenvalue weighted by Gasteiger charge is 2.45. The minimum absolute atomic E-state index is 0.194. The van der Waals surface area contributed by atoms with Gasteiger partial charge in [0.1, 0.15) is 29.5 Å². The molecule has 0 aliphatic heterocycles. The molecular formula is C93H76BBr5Cl2O9PS+. The third-order valence-corrected chi connectivity index (χ3v) is 25.2. The van der Waals surface area contributed by atoms with Crippen molar-refractivity contribution in [1.29, 1.82) is 0 Å². The Hall–Kier alpha value is -8.78. The van der Waals surface area contributed by atoms with Crippen LogP contribution in [0.3, 0.4) is 0 Å². The van der Waals surface area contributed by atoms with Crippen LogP contribution in [0.5, 0.6) is 0 Å². The molecule has 0 aliphatic rings. The van der Waals surface area contributed by atoms with Crippen LogP contribution in [0.15, 0.2) is 368 Å². The lowest BCUT2D eigenvalue weighted by atomic mass is 9.77. The summed E-state index contributed by atoms with van der Waals surface area (Å²) in [5, 5.41) is 36.8. The summed E-state index contributed by atoms with van der Waals surface area (Å²) < 4.78 is 42.3. The lowest BCUT2D eigenvalue weighted by Crippen LogP contribution is -2.33. The maximum Gasteiger partial charge on any atom is 0.489 e. The number of rotatable bonds is 12. The van der Waals surface area contributed by atoms with Gasteiger partial charge in [-0.3, -0.25) is 14.1 Å². The second kappa shape index (κ2) is 44.0. The lowest BCUT2D eigenvalue weighted by Gasteiger charge is -2.26. The van der Waals surface area contributed by atoms with Crippen molar-refractivity contribution in [2.75, 3.05) is 32.2 Å². The summed E-state index contributed by atoms with van der Waals surface area (Å²) in [6, 6.07) is 116. The van der Waals surface area contributed by atoms with Crippen LogP contribution >= 0.6 is 110 Å². The fourth-order valence-corrected chi connectivity index (χ4v) is 19.0. The molecule has 112 heavy (non-hydrogen) atoms. The number of alkyl halides is 2. The highest BCUT2D eigenvalue weighted by Crippen LogP contribution is 2.55. The predicted octanol–water partition coefficient (Wildman–Crippen LogP) is 24.9. The number of hydrogen-bond acceptors (Lipinski definition) is 8. The Kier molecular flexibility index (Phi) is 34.3. The third-order valence-electron chi connectivity index (χ3n) is 17.6. The molecule has 16 aromatic carbocycles. The zero-order chi connectivity index (χ0) is 80.0. The van der Waals surface area contributed by atoms with Gasteiger partial charge in [0.15, 0.2) is 12.6 Å². The zero-order valence-corrected chi connectivity index (χ0v) is 72.1. The molecule has 0 aromatic heterocycles. The maximum atomic E-state index is 11.2. The first kappa shape index (κ1) is 87.2. The molecule has 19 heteroatoms. The van der Waals surface area contributed by atoms with Crippen molar-refractivity contribution in [3.8, 4) is 22.3 Å². The number of carbonyl (C=O) groups is 2. The van der Waals surface area contributed by atoms with Crippen LogP contribution in [0.4, 0.5) is 0 Å². The summed E-state index contributed by atoms with van der Waals surface area (Å²) in [5.41, 5.74) is 6.90. The largest absolute Gasteiger partial charge is 0.504 e. The summed E-state index contributed by atoms with van der Waals surface area (Å²) in [6.45, 7) is 0. The molecule has 564 valence electrons. The van der Waals surface area contributed by atoms with E-state index in [-0.39, 0.29) is 10.8 Å². The van der Waals surface area contributed by atoms with Crippen molar-refractivity contribution < 1.29 is 42.1 Å². The molecule has 0 saturated carbocycles. The van der Waals surface area contributed by atoms with Gasteiger partial charge in [-0.15, -0.1) is 23.2 Å². The number of halogens is 7. The van der Waals surface area contributed by atoms with Gasteiger partial charge >= 0.3 is 7.12 Å². The lowest BCUT2D eigenvalue weighted by molar-refractivity contribution is 0.111. The van der Waals surface area contributed by atoms with Gasteiger partial charge in [-0.05, 0) is 171 Å². The summed E-state index contributed by atoms with van der Waals surface area (Å²) in [5.74, 6) is 0. The van der Waals surface area contributed by atoms with Crippen molar-refractivity contribution in [1.82, 2.24) is 0 Å². The maximum absolute atomic E-state index is 11.2. The average Bonchev–Trinajstić information content (AvgIpc) is 0.751. The summed E-state index contributed by atoms with van der Waals surface area (Å²) in [4.78, 5) is 21.5. The first-order valence-electron chi connectivity index (χ1n) is 34.8. The van der Waals surface area contributed by atoms with E-state index in [1.807, 2.05) is 78.9 Å². The van der Waals surface area contributed by atoms with Crippen LogP contribution < -0.4 is 21.4 Å². The van der Waals surface area contributed by atoms with Crippen LogP contribution in [0.2, 0.25) is 0 Å². The van der Waals surface area contributed by atoms with Crippen LogP contribution in [0, 0.1) is 0 Å². The number of carbonyl (C=O) groups excluding carboxylic acids is 2. The van der Waals surface area contributed by atoms with Gasteiger partial charge in [0.25, 0.3) is 10.1 Å². The van der Waals surface area contributed by atoms with Crippen LogP contribution in [0.25, 0.3) is 93.0 Å². The molecular weight excluding hydrogens is 1810 g/mol. The smallest absolute Gasteiger partial charge is 0.489 e. The van der Waals surface area contributed by atoms with Crippen molar-refractivity contribution in [3.05, 3.63) is 385 Å². The number of fused-ring (bicyclic) bond motifs is 8. The minimum atomic E-state index is -3.67. The molecule has 0 bridgehead atoms. The molecule has 0 atom stereocenters. The normalized spacial score (nSPS) is 10.8. The van der Waals surface area contributed by atoms with E-state index >= 15 is 0 Å². The van der Waals surface area contributed by atoms with E-state index in [2.05, 4.69) is 322 Å². The molecule has 0 saturated heterocycles. The number of methoxy groups -OCH3 is 2. The first-order chi connectivity index (χ1) is 54.3.